The number of amides is 1. The van der Waals surface area contributed by atoms with Crippen LogP contribution in [0.1, 0.15) is 17.2 Å². The number of fused-ring (bicyclic) bond motifs is 1. The molecule has 0 bridgehead atoms. The Morgan fingerprint density at radius 1 is 1.38 bits per heavy atom. The third-order valence-corrected chi connectivity index (χ3v) is 5.64. The van der Waals surface area contributed by atoms with Gasteiger partial charge in [-0.05, 0) is 18.2 Å². The Morgan fingerprint density at radius 3 is 2.81 bits per heavy atom. The standard InChI is InChI=1S/C20H23F3N5O3P/c1-30-10-20(22,23)11-8-13(26-14(9-11)28-6-4-24-5-7-28)12-2-3-25-18-15(12)16(17(21)32)31-19(29)27-18/h2-3,8-9,16-17,24H,4-7,10,32H2,1H3,(H,25,27,29). The van der Waals surface area contributed by atoms with Crippen LogP contribution in [0.4, 0.5) is 29.6 Å². The number of rotatable bonds is 6. The zero-order valence-corrected chi connectivity index (χ0v) is 18.4. The molecule has 2 N–H and O–H groups in total. The summed E-state index contributed by atoms with van der Waals surface area (Å²) in [6, 6.07) is 4.15. The molecule has 4 rings (SSSR count). The minimum absolute atomic E-state index is 0.105. The molecule has 1 amide bonds. The van der Waals surface area contributed by atoms with Crippen LogP contribution in [0.15, 0.2) is 24.4 Å². The monoisotopic (exact) mass is 469 g/mol. The van der Waals surface area contributed by atoms with E-state index in [9.17, 15) is 18.0 Å². The number of hydrogen-bond donors (Lipinski definition) is 2. The second-order valence-corrected chi connectivity index (χ2v) is 8.13. The number of cyclic esters (lactones) is 1. The fourth-order valence-corrected chi connectivity index (χ4v) is 4.07. The second-order valence-electron chi connectivity index (χ2n) is 7.49. The summed E-state index contributed by atoms with van der Waals surface area (Å²) in [4.78, 5) is 22.4. The van der Waals surface area contributed by atoms with E-state index < -0.39 is 30.6 Å². The van der Waals surface area contributed by atoms with Gasteiger partial charge in [0.25, 0.3) is 5.92 Å². The Balaban J connectivity index is 1.88. The fraction of sp³-hybridized carbons (Fsp3) is 0.450. The maximum Gasteiger partial charge on any atom is 0.413 e. The number of anilines is 2. The average molecular weight is 469 g/mol. The predicted octanol–water partition coefficient (Wildman–Crippen LogP) is 3.07. The molecule has 3 atom stereocenters. The molecule has 2 aliphatic rings. The third kappa shape index (κ3) is 4.51. The van der Waals surface area contributed by atoms with E-state index in [2.05, 4.69) is 20.6 Å². The number of ether oxygens (including phenoxy) is 2. The summed E-state index contributed by atoms with van der Waals surface area (Å²) < 4.78 is 53.9. The van der Waals surface area contributed by atoms with E-state index in [1.54, 1.807) is 6.07 Å². The summed E-state index contributed by atoms with van der Waals surface area (Å²) in [6.45, 7) is 1.78. The molecule has 0 aromatic carbocycles. The molecule has 1 saturated heterocycles. The van der Waals surface area contributed by atoms with Crippen LogP contribution in [0.25, 0.3) is 11.3 Å². The number of aromatic nitrogens is 2. The van der Waals surface area contributed by atoms with E-state index in [0.29, 0.717) is 37.6 Å². The lowest BCUT2D eigenvalue weighted by atomic mass is 9.98. The topological polar surface area (TPSA) is 88.6 Å². The number of carbonyl (C=O) groups excluding carboxylic acids is 1. The van der Waals surface area contributed by atoms with Crippen LogP contribution in [-0.2, 0) is 15.4 Å². The van der Waals surface area contributed by atoms with Gasteiger partial charge in [0.05, 0.1) is 5.69 Å². The van der Waals surface area contributed by atoms with Gasteiger partial charge in [-0.15, -0.1) is 0 Å². The Morgan fingerprint density at radius 2 is 2.12 bits per heavy atom. The highest BCUT2D eigenvalue weighted by Gasteiger charge is 2.37. The average Bonchev–Trinajstić information content (AvgIpc) is 2.78. The van der Waals surface area contributed by atoms with E-state index >= 15 is 0 Å². The van der Waals surface area contributed by atoms with Crippen LogP contribution in [-0.4, -0.2) is 61.9 Å². The van der Waals surface area contributed by atoms with Gasteiger partial charge in [0.15, 0.2) is 12.0 Å². The molecule has 2 aliphatic heterocycles. The Hall–Kier alpha value is -2.49. The summed E-state index contributed by atoms with van der Waals surface area (Å²) in [5.74, 6) is -4.42. The van der Waals surface area contributed by atoms with Gasteiger partial charge >= 0.3 is 6.09 Å². The lowest BCUT2D eigenvalue weighted by molar-refractivity contribution is -0.0697. The minimum Gasteiger partial charge on any atom is -0.437 e. The van der Waals surface area contributed by atoms with E-state index in [1.165, 1.54) is 25.4 Å². The molecule has 0 aliphatic carbocycles. The van der Waals surface area contributed by atoms with Crippen molar-refractivity contribution in [3.8, 4) is 11.3 Å². The molecular weight excluding hydrogens is 446 g/mol. The molecule has 2 aromatic rings. The number of methoxy groups -OCH3 is 1. The molecule has 2 aromatic heterocycles. The molecule has 12 heteroatoms. The van der Waals surface area contributed by atoms with Crippen molar-refractivity contribution in [2.45, 2.75) is 17.9 Å². The molecule has 0 radical (unpaired) electrons. The van der Waals surface area contributed by atoms with Crippen LogP contribution in [0.2, 0.25) is 0 Å². The van der Waals surface area contributed by atoms with Gasteiger partial charge in [-0.25, -0.2) is 19.2 Å². The molecule has 0 saturated carbocycles. The number of nitrogens with one attached hydrogen (secondary N) is 2. The lowest BCUT2D eigenvalue weighted by Crippen LogP contribution is -2.44. The highest BCUT2D eigenvalue weighted by molar-refractivity contribution is 7.17. The van der Waals surface area contributed by atoms with Gasteiger partial charge in [0.1, 0.15) is 18.2 Å². The summed E-state index contributed by atoms with van der Waals surface area (Å²) in [5, 5.41) is 5.65. The summed E-state index contributed by atoms with van der Waals surface area (Å²) in [5.41, 5.74) is 0.501. The zero-order valence-electron chi connectivity index (χ0n) is 17.3. The predicted molar refractivity (Wildman–Crippen MR) is 116 cm³/mol. The summed E-state index contributed by atoms with van der Waals surface area (Å²) in [7, 11) is 3.15. The zero-order chi connectivity index (χ0) is 22.9. The third-order valence-electron chi connectivity index (χ3n) is 5.30. The normalized spacial score (nSPS) is 19.7. The first-order valence-corrected chi connectivity index (χ1v) is 10.7. The van der Waals surface area contributed by atoms with Crippen molar-refractivity contribution >= 4 is 27.0 Å². The molecule has 4 heterocycles. The Kier molecular flexibility index (Phi) is 6.50. The van der Waals surface area contributed by atoms with Gasteiger partial charge in [-0.3, -0.25) is 5.32 Å². The molecule has 3 unspecified atom stereocenters. The van der Waals surface area contributed by atoms with E-state index in [4.69, 9.17) is 9.47 Å². The number of halogens is 3. The molecule has 8 nitrogen and oxygen atoms in total. The van der Waals surface area contributed by atoms with Crippen LogP contribution in [0, 0.1) is 0 Å². The second kappa shape index (κ2) is 9.17. The lowest BCUT2D eigenvalue weighted by Gasteiger charge is -2.31. The van der Waals surface area contributed by atoms with E-state index in [-0.39, 0.29) is 22.6 Å². The van der Waals surface area contributed by atoms with Crippen molar-refractivity contribution in [1.29, 1.82) is 0 Å². The van der Waals surface area contributed by atoms with E-state index in [1.807, 2.05) is 14.1 Å². The number of carbonyl (C=O) groups is 1. The molecular formula is C20H23F3N5O3P. The Labute approximate surface area is 185 Å². The number of pyridine rings is 2. The van der Waals surface area contributed by atoms with Gasteiger partial charge < -0.3 is 19.7 Å². The number of nitrogens with zero attached hydrogens (tertiary/aromatic N) is 3. The van der Waals surface area contributed by atoms with Crippen molar-refractivity contribution < 1.29 is 27.4 Å². The van der Waals surface area contributed by atoms with Crippen LogP contribution < -0.4 is 15.5 Å². The number of hydrogen-bond acceptors (Lipinski definition) is 7. The maximum atomic E-state index is 14.9. The van der Waals surface area contributed by atoms with Gasteiger partial charge in [-0.2, -0.15) is 8.78 Å². The van der Waals surface area contributed by atoms with Crippen molar-refractivity contribution in [3.05, 3.63) is 35.5 Å². The summed E-state index contributed by atoms with van der Waals surface area (Å²) in [6.07, 6.45) is -0.717. The molecule has 0 spiro atoms. The SMILES string of the molecule is COCC(F)(F)c1cc(-c2ccnc3c2C(C(F)P)OC(=O)N3)nc(N2CCNCC2)c1. The van der Waals surface area contributed by atoms with Crippen LogP contribution in [0.5, 0.6) is 0 Å². The highest BCUT2D eigenvalue weighted by atomic mass is 31.0. The summed E-state index contributed by atoms with van der Waals surface area (Å²) >= 11 is 0. The molecule has 172 valence electrons. The van der Waals surface area contributed by atoms with Crippen molar-refractivity contribution in [2.24, 2.45) is 0 Å². The quantitative estimate of drug-likeness (QED) is 0.629. The Bertz CT molecular complexity index is 1000. The van der Waals surface area contributed by atoms with Crippen molar-refractivity contribution in [1.82, 2.24) is 15.3 Å². The molecule has 1 fully saturated rings. The van der Waals surface area contributed by atoms with Gasteiger partial charge in [-0.1, -0.05) is 9.24 Å². The van der Waals surface area contributed by atoms with Crippen LogP contribution >= 0.6 is 9.24 Å². The largest absolute Gasteiger partial charge is 0.437 e. The number of piperazine rings is 1. The maximum absolute atomic E-state index is 14.9. The van der Waals surface area contributed by atoms with Crippen molar-refractivity contribution in [3.63, 3.8) is 0 Å². The van der Waals surface area contributed by atoms with Crippen LogP contribution in [0.3, 0.4) is 0 Å². The smallest absolute Gasteiger partial charge is 0.413 e. The highest BCUT2D eigenvalue weighted by Crippen LogP contribution is 2.42. The first-order chi connectivity index (χ1) is 15.3. The van der Waals surface area contributed by atoms with Gasteiger partial charge in [0.2, 0.25) is 0 Å². The van der Waals surface area contributed by atoms with Crippen molar-refractivity contribution in [2.75, 3.05) is 50.1 Å². The molecule has 32 heavy (non-hydrogen) atoms. The number of alkyl halides is 3. The van der Waals surface area contributed by atoms with E-state index in [0.717, 1.165) is 0 Å². The first-order valence-electron chi connectivity index (χ1n) is 10.0. The minimum atomic E-state index is -3.27. The van der Waals surface area contributed by atoms with Gasteiger partial charge in [0, 0.05) is 56.2 Å². The fourth-order valence-electron chi connectivity index (χ4n) is 3.79. The first kappa shape index (κ1) is 22.7.